The van der Waals surface area contributed by atoms with Crippen molar-refractivity contribution in [3.05, 3.63) is 24.1 Å². The van der Waals surface area contributed by atoms with Crippen molar-refractivity contribution >= 4 is 0 Å². The highest BCUT2D eigenvalue weighted by Crippen LogP contribution is 2.35. The molecule has 6 nitrogen and oxygen atoms in total. The maximum absolute atomic E-state index is 5.50. The molecular formula is C19H23N3O3. The molecular weight excluding hydrogens is 318 g/mol. The Labute approximate surface area is 147 Å². The molecule has 3 heterocycles. The van der Waals surface area contributed by atoms with Crippen molar-refractivity contribution in [1.82, 2.24) is 15.0 Å². The topological polar surface area (TPSA) is 60.6 Å². The fraction of sp³-hybridized carbons (Fsp3) is 0.579. The van der Waals surface area contributed by atoms with E-state index in [0.29, 0.717) is 11.7 Å². The van der Waals surface area contributed by atoms with Crippen LogP contribution < -0.4 is 9.47 Å². The summed E-state index contributed by atoms with van der Waals surface area (Å²) in [5, 5.41) is 4.15. The van der Waals surface area contributed by atoms with E-state index in [4.69, 9.17) is 14.0 Å². The van der Waals surface area contributed by atoms with Crippen LogP contribution in [-0.4, -0.2) is 41.0 Å². The van der Waals surface area contributed by atoms with Crippen LogP contribution in [0.5, 0.6) is 11.5 Å². The Balaban J connectivity index is 1.21. The first-order chi connectivity index (χ1) is 12.3. The number of benzene rings is 1. The third-order valence-corrected chi connectivity index (χ3v) is 5.80. The first kappa shape index (κ1) is 15.2. The lowest BCUT2D eigenvalue weighted by molar-refractivity contribution is 0.0828. The highest BCUT2D eigenvalue weighted by atomic mass is 16.7. The molecule has 2 fully saturated rings. The third kappa shape index (κ3) is 2.99. The summed E-state index contributed by atoms with van der Waals surface area (Å²) in [5.41, 5.74) is 0.902. The summed E-state index contributed by atoms with van der Waals surface area (Å²) in [4.78, 5) is 7.27. The number of aromatic nitrogens is 2. The molecule has 0 N–H and O–H groups in total. The predicted octanol–water partition coefficient (Wildman–Crippen LogP) is 3.27. The molecule has 1 aromatic carbocycles. The van der Waals surface area contributed by atoms with Gasteiger partial charge in [0.15, 0.2) is 11.5 Å². The maximum atomic E-state index is 5.50. The minimum Gasteiger partial charge on any atom is -0.454 e. The van der Waals surface area contributed by atoms with Crippen LogP contribution in [0.4, 0.5) is 0 Å². The van der Waals surface area contributed by atoms with Gasteiger partial charge >= 0.3 is 0 Å². The molecule has 0 amide bonds. The van der Waals surface area contributed by atoms with Crippen molar-refractivity contribution in [2.45, 2.75) is 44.6 Å². The molecule has 3 aliphatic rings. The first-order valence-corrected chi connectivity index (χ1v) is 9.32. The number of ether oxygens (including phenoxy) is 2. The van der Waals surface area contributed by atoms with Gasteiger partial charge in [-0.15, -0.1) is 0 Å². The summed E-state index contributed by atoms with van der Waals surface area (Å²) in [6.45, 7) is 2.72. The van der Waals surface area contributed by atoms with E-state index >= 15 is 0 Å². The van der Waals surface area contributed by atoms with E-state index in [2.05, 4.69) is 15.0 Å². The van der Waals surface area contributed by atoms with Crippen LogP contribution in [0.25, 0.3) is 11.4 Å². The number of likely N-dealkylation sites (tertiary alicyclic amines) is 1. The van der Waals surface area contributed by atoms with Gasteiger partial charge in [0.25, 0.3) is 0 Å². The monoisotopic (exact) mass is 341 g/mol. The summed E-state index contributed by atoms with van der Waals surface area (Å²) in [5.74, 6) is 3.54. The van der Waals surface area contributed by atoms with Gasteiger partial charge < -0.3 is 18.9 Å². The Kier molecular flexibility index (Phi) is 3.85. The van der Waals surface area contributed by atoms with Gasteiger partial charge in [0.2, 0.25) is 18.5 Å². The summed E-state index contributed by atoms with van der Waals surface area (Å²) in [7, 11) is 0. The fourth-order valence-corrected chi connectivity index (χ4v) is 4.01. The first-order valence-electron chi connectivity index (χ1n) is 9.32. The molecule has 132 valence electrons. The molecule has 1 saturated carbocycles. The van der Waals surface area contributed by atoms with Gasteiger partial charge in [-0.3, -0.25) is 0 Å². The Morgan fingerprint density at radius 3 is 2.68 bits per heavy atom. The molecule has 0 atom stereocenters. The molecule has 2 aliphatic heterocycles. The van der Waals surface area contributed by atoms with Crippen molar-refractivity contribution < 1.29 is 14.0 Å². The Hall–Kier alpha value is -2.08. The van der Waals surface area contributed by atoms with Crippen LogP contribution in [0.15, 0.2) is 22.7 Å². The highest BCUT2D eigenvalue weighted by Gasteiger charge is 2.29. The minimum absolute atomic E-state index is 0.274. The summed E-state index contributed by atoms with van der Waals surface area (Å²) in [6.07, 6.45) is 7.56. The molecule has 1 saturated heterocycles. The predicted molar refractivity (Wildman–Crippen MR) is 91.5 cm³/mol. The second-order valence-corrected chi connectivity index (χ2v) is 7.35. The quantitative estimate of drug-likeness (QED) is 0.850. The van der Waals surface area contributed by atoms with E-state index in [1.807, 2.05) is 18.2 Å². The van der Waals surface area contributed by atoms with Gasteiger partial charge in [-0.1, -0.05) is 11.6 Å². The summed E-state index contributed by atoms with van der Waals surface area (Å²) < 4.78 is 16.3. The molecule has 0 bridgehead atoms. The van der Waals surface area contributed by atoms with Crippen LogP contribution in [-0.2, 0) is 6.42 Å². The second kappa shape index (κ2) is 6.33. The van der Waals surface area contributed by atoms with Gasteiger partial charge in [-0.2, -0.15) is 4.98 Å². The van der Waals surface area contributed by atoms with Gasteiger partial charge in [-0.25, -0.2) is 0 Å². The number of fused-ring (bicyclic) bond motifs is 1. The van der Waals surface area contributed by atoms with Crippen molar-refractivity contribution in [3.63, 3.8) is 0 Å². The average molecular weight is 341 g/mol. The zero-order valence-electron chi connectivity index (χ0n) is 14.3. The number of hydrogen-bond acceptors (Lipinski definition) is 6. The lowest BCUT2D eigenvalue weighted by Gasteiger charge is -2.41. The van der Waals surface area contributed by atoms with Crippen molar-refractivity contribution in [2.75, 3.05) is 19.9 Å². The molecule has 0 radical (unpaired) electrons. The smallest absolute Gasteiger partial charge is 0.231 e. The normalized spacial score (nSPS) is 21.4. The zero-order chi connectivity index (χ0) is 16.6. The minimum atomic E-state index is 0.274. The molecule has 5 rings (SSSR count). The van der Waals surface area contributed by atoms with Crippen molar-refractivity contribution in [1.29, 1.82) is 0 Å². The van der Waals surface area contributed by atoms with Crippen LogP contribution in [0.3, 0.4) is 0 Å². The number of rotatable bonds is 4. The maximum Gasteiger partial charge on any atom is 0.231 e. The van der Waals surface area contributed by atoms with E-state index < -0.39 is 0 Å². The number of hydrogen-bond donors (Lipinski definition) is 0. The summed E-state index contributed by atoms with van der Waals surface area (Å²) >= 11 is 0. The Morgan fingerprint density at radius 1 is 1.04 bits per heavy atom. The van der Waals surface area contributed by atoms with E-state index in [9.17, 15) is 0 Å². The Bertz CT molecular complexity index is 748. The molecule has 0 unspecified atom stereocenters. The van der Waals surface area contributed by atoms with E-state index in [0.717, 1.165) is 35.4 Å². The zero-order valence-corrected chi connectivity index (χ0v) is 14.3. The highest BCUT2D eigenvalue weighted by molar-refractivity contribution is 5.61. The average Bonchev–Trinajstić information content (AvgIpc) is 3.23. The lowest BCUT2D eigenvalue weighted by Crippen LogP contribution is -2.45. The van der Waals surface area contributed by atoms with Crippen LogP contribution in [0.2, 0.25) is 0 Å². The van der Waals surface area contributed by atoms with Crippen LogP contribution in [0.1, 0.15) is 38.0 Å². The fourth-order valence-electron chi connectivity index (χ4n) is 4.01. The van der Waals surface area contributed by atoms with Gasteiger partial charge in [-0.05, 0) is 62.9 Å². The van der Waals surface area contributed by atoms with E-state index in [1.54, 1.807) is 0 Å². The van der Waals surface area contributed by atoms with E-state index in [-0.39, 0.29) is 6.79 Å². The standard InChI is InChI=1S/C19H23N3O3/c1-2-15(3-1)22-8-6-13(7-9-22)10-18-20-19(21-25-18)14-4-5-16-17(11-14)24-12-23-16/h4-5,11,13,15H,1-3,6-10,12H2. The molecule has 1 aliphatic carbocycles. The SMILES string of the molecule is c1cc2c(cc1-c1noc(CC3CCN(C4CCC4)CC3)n1)OCO2. The van der Waals surface area contributed by atoms with E-state index in [1.165, 1.54) is 45.2 Å². The molecule has 0 spiro atoms. The summed E-state index contributed by atoms with van der Waals surface area (Å²) in [6, 6.07) is 6.61. The second-order valence-electron chi connectivity index (χ2n) is 7.35. The largest absolute Gasteiger partial charge is 0.454 e. The number of nitrogens with zero attached hydrogens (tertiary/aromatic N) is 3. The van der Waals surface area contributed by atoms with Gasteiger partial charge in [0.05, 0.1) is 0 Å². The molecule has 2 aromatic rings. The van der Waals surface area contributed by atoms with Gasteiger partial charge in [0.1, 0.15) is 0 Å². The molecule has 6 heteroatoms. The van der Waals surface area contributed by atoms with Crippen molar-refractivity contribution in [3.8, 4) is 22.9 Å². The van der Waals surface area contributed by atoms with Gasteiger partial charge in [0, 0.05) is 18.0 Å². The van der Waals surface area contributed by atoms with Crippen molar-refractivity contribution in [2.24, 2.45) is 5.92 Å². The molecule has 1 aromatic heterocycles. The number of piperidine rings is 1. The molecule has 25 heavy (non-hydrogen) atoms. The third-order valence-electron chi connectivity index (χ3n) is 5.80. The van der Waals surface area contributed by atoms with Crippen LogP contribution in [0, 0.1) is 5.92 Å². The van der Waals surface area contributed by atoms with Crippen LogP contribution >= 0.6 is 0 Å². The lowest BCUT2D eigenvalue weighted by atomic mass is 9.87. The Morgan fingerprint density at radius 2 is 1.88 bits per heavy atom.